The van der Waals surface area contributed by atoms with Gasteiger partial charge in [-0.1, -0.05) is 0 Å². The number of aliphatic imine (C=N–C) groups is 1. The van der Waals surface area contributed by atoms with Crippen LogP contribution in [0.25, 0.3) is 0 Å². The number of methoxy groups -OCH3 is 1. The van der Waals surface area contributed by atoms with E-state index in [2.05, 4.69) is 9.73 Å². The Morgan fingerprint density at radius 1 is 1.42 bits per heavy atom. The van der Waals surface area contributed by atoms with Crippen LogP contribution in [0.2, 0.25) is 0 Å². The summed E-state index contributed by atoms with van der Waals surface area (Å²) in [6.07, 6.45) is -3.56. The molecule has 0 saturated carbocycles. The lowest BCUT2D eigenvalue weighted by Gasteiger charge is -2.06. The third-order valence-corrected chi connectivity index (χ3v) is 1.19. The maximum absolute atomic E-state index is 12.0. The van der Waals surface area contributed by atoms with Crippen molar-refractivity contribution in [2.24, 2.45) is 4.99 Å². The van der Waals surface area contributed by atoms with Crippen molar-refractivity contribution < 1.29 is 17.9 Å². The zero-order valence-corrected chi connectivity index (χ0v) is 7.07. The highest BCUT2D eigenvalue weighted by atomic mass is 19.4. The van der Waals surface area contributed by atoms with Crippen molar-refractivity contribution in [2.45, 2.75) is 13.1 Å². The standard InChI is InChI=1S/C7H10F3NO/c1-5(12-3)4-6(11-2)7(8,9)10/h4H,1-3H3. The van der Waals surface area contributed by atoms with Crippen LogP contribution >= 0.6 is 0 Å². The van der Waals surface area contributed by atoms with Crippen LogP contribution in [0.3, 0.4) is 0 Å². The number of alkyl halides is 3. The van der Waals surface area contributed by atoms with Crippen molar-refractivity contribution in [2.75, 3.05) is 14.2 Å². The average molecular weight is 181 g/mol. The summed E-state index contributed by atoms with van der Waals surface area (Å²) < 4.78 is 40.5. The summed E-state index contributed by atoms with van der Waals surface area (Å²) >= 11 is 0. The normalized spacial score (nSPS) is 14.8. The molecule has 0 N–H and O–H groups in total. The first-order valence-corrected chi connectivity index (χ1v) is 3.18. The van der Waals surface area contributed by atoms with E-state index in [4.69, 9.17) is 0 Å². The fourth-order valence-corrected chi connectivity index (χ4v) is 0.525. The first-order chi connectivity index (χ1) is 5.41. The molecule has 0 aromatic carbocycles. The zero-order chi connectivity index (χ0) is 9.78. The predicted molar refractivity (Wildman–Crippen MR) is 40.2 cm³/mol. The highest BCUT2D eigenvalue weighted by molar-refractivity contribution is 5.99. The Morgan fingerprint density at radius 3 is 2.17 bits per heavy atom. The second-order valence-electron chi connectivity index (χ2n) is 2.07. The fourth-order valence-electron chi connectivity index (χ4n) is 0.525. The highest BCUT2D eigenvalue weighted by Crippen LogP contribution is 2.18. The Hall–Kier alpha value is -1.00. The molecule has 70 valence electrons. The smallest absolute Gasteiger partial charge is 0.433 e. The third-order valence-electron chi connectivity index (χ3n) is 1.19. The van der Waals surface area contributed by atoms with Gasteiger partial charge >= 0.3 is 6.18 Å². The van der Waals surface area contributed by atoms with Crippen molar-refractivity contribution in [3.63, 3.8) is 0 Å². The number of hydrogen-bond donors (Lipinski definition) is 0. The number of nitrogens with zero attached hydrogens (tertiary/aromatic N) is 1. The topological polar surface area (TPSA) is 21.6 Å². The van der Waals surface area contributed by atoms with Gasteiger partial charge in [0.05, 0.1) is 12.9 Å². The molecule has 0 aromatic rings. The third kappa shape index (κ3) is 3.41. The van der Waals surface area contributed by atoms with Gasteiger partial charge in [-0.2, -0.15) is 13.2 Å². The number of allylic oxidation sites excluding steroid dienone is 2. The number of halogens is 3. The molecule has 0 aliphatic carbocycles. The molecule has 0 aromatic heterocycles. The van der Waals surface area contributed by atoms with Crippen LogP contribution in [-0.4, -0.2) is 26.0 Å². The van der Waals surface area contributed by atoms with Crippen molar-refractivity contribution in [1.82, 2.24) is 0 Å². The SMILES string of the molecule is CN=C(C=C(C)OC)C(F)(F)F. The quantitative estimate of drug-likeness (QED) is 0.472. The van der Waals surface area contributed by atoms with Gasteiger partial charge in [0.25, 0.3) is 0 Å². The molecule has 0 saturated heterocycles. The number of rotatable bonds is 2. The molecule has 0 heterocycles. The molecule has 0 unspecified atom stereocenters. The molecule has 0 atom stereocenters. The monoisotopic (exact) mass is 181 g/mol. The summed E-state index contributed by atoms with van der Waals surface area (Å²) in [7, 11) is 2.39. The lowest BCUT2D eigenvalue weighted by molar-refractivity contribution is -0.0579. The Balaban J connectivity index is 4.63. The lowest BCUT2D eigenvalue weighted by Crippen LogP contribution is -2.21. The molecule has 0 bridgehead atoms. The van der Waals surface area contributed by atoms with Gasteiger partial charge in [0.1, 0.15) is 5.71 Å². The zero-order valence-electron chi connectivity index (χ0n) is 7.07. The van der Waals surface area contributed by atoms with E-state index in [0.717, 1.165) is 13.1 Å². The predicted octanol–water partition coefficient (Wildman–Crippen LogP) is 2.17. The van der Waals surface area contributed by atoms with E-state index in [1.807, 2.05) is 0 Å². The van der Waals surface area contributed by atoms with Gasteiger partial charge in [-0.25, -0.2) is 0 Å². The van der Waals surface area contributed by atoms with Crippen LogP contribution in [0.5, 0.6) is 0 Å². The Bertz CT molecular complexity index is 205. The Kier molecular flexibility index (Phi) is 3.79. The van der Waals surface area contributed by atoms with Crippen LogP contribution in [-0.2, 0) is 4.74 Å². The first kappa shape index (κ1) is 11.0. The fraction of sp³-hybridized carbons (Fsp3) is 0.571. The second kappa shape index (κ2) is 4.13. The molecular formula is C7H10F3NO. The van der Waals surface area contributed by atoms with E-state index in [1.165, 1.54) is 14.0 Å². The van der Waals surface area contributed by atoms with Gasteiger partial charge in [0.15, 0.2) is 0 Å². The molecule has 12 heavy (non-hydrogen) atoms. The molecule has 5 heteroatoms. The number of hydrogen-bond acceptors (Lipinski definition) is 2. The molecule has 0 aliphatic heterocycles. The minimum Gasteiger partial charge on any atom is -0.501 e. The van der Waals surface area contributed by atoms with E-state index >= 15 is 0 Å². The summed E-state index contributed by atoms with van der Waals surface area (Å²) in [6.45, 7) is 1.43. The van der Waals surface area contributed by atoms with Crippen molar-refractivity contribution in [3.05, 3.63) is 11.8 Å². The van der Waals surface area contributed by atoms with E-state index in [9.17, 15) is 13.2 Å². The van der Waals surface area contributed by atoms with Crippen molar-refractivity contribution in [1.29, 1.82) is 0 Å². The second-order valence-corrected chi connectivity index (χ2v) is 2.07. The van der Waals surface area contributed by atoms with E-state index in [0.29, 0.717) is 0 Å². The maximum atomic E-state index is 12.0. The van der Waals surface area contributed by atoms with E-state index in [-0.39, 0.29) is 5.76 Å². The molecule has 0 rings (SSSR count). The van der Waals surface area contributed by atoms with Crippen LogP contribution in [0, 0.1) is 0 Å². The Labute approximate surface area is 68.7 Å². The first-order valence-electron chi connectivity index (χ1n) is 3.18. The van der Waals surface area contributed by atoms with E-state index in [1.54, 1.807) is 0 Å². The maximum Gasteiger partial charge on any atom is 0.433 e. The van der Waals surface area contributed by atoms with Gasteiger partial charge < -0.3 is 4.74 Å². The summed E-state index contributed by atoms with van der Waals surface area (Å²) in [4.78, 5) is 3.08. The van der Waals surface area contributed by atoms with Gasteiger partial charge in [0, 0.05) is 13.1 Å². The summed E-state index contributed by atoms with van der Waals surface area (Å²) in [6, 6.07) is 0. The summed E-state index contributed by atoms with van der Waals surface area (Å²) in [5.74, 6) is 0.174. The van der Waals surface area contributed by atoms with Crippen molar-refractivity contribution in [3.8, 4) is 0 Å². The molecule has 2 nitrogen and oxygen atoms in total. The molecule has 0 spiro atoms. The minimum absolute atomic E-state index is 0.174. The molecule has 0 fully saturated rings. The van der Waals surface area contributed by atoms with Crippen LogP contribution in [0.15, 0.2) is 16.8 Å². The Morgan fingerprint density at radius 2 is 1.92 bits per heavy atom. The highest BCUT2D eigenvalue weighted by Gasteiger charge is 2.33. The molecule has 0 aliphatic rings. The van der Waals surface area contributed by atoms with Gasteiger partial charge in [-0.15, -0.1) is 0 Å². The molecule has 0 radical (unpaired) electrons. The molecular weight excluding hydrogens is 171 g/mol. The van der Waals surface area contributed by atoms with E-state index < -0.39 is 11.9 Å². The largest absolute Gasteiger partial charge is 0.501 e. The van der Waals surface area contributed by atoms with Gasteiger partial charge in [-0.3, -0.25) is 4.99 Å². The lowest BCUT2D eigenvalue weighted by atomic mass is 10.3. The van der Waals surface area contributed by atoms with Crippen LogP contribution in [0.4, 0.5) is 13.2 Å². The minimum atomic E-state index is -4.41. The molecule has 0 amide bonds. The number of ether oxygens (including phenoxy) is 1. The van der Waals surface area contributed by atoms with Crippen molar-refractivity contribution >= 4 is 5.71 Å². The summed E-state index contributed by atoms with van der Waals surface area (Å²) in [5, 5.41) is 0. The summed E-state index contributed by atoms with van der Waals surface area (Å²) in [5.41, 5.74) is -0.943. The van der Waals surface area contributed by atoms with Gasteiger partial charge in [-0.05, 0) is 6.92 Å². The van der Waals surface area contributed by atoms with Crippen LogP contribution in [0.1, 0.15) is 6.92 Å². The van der Waals surface area contributed by atoms with Gasteiger partial charge in [0.2, 0.25) is 0 Å². The average Bonchev–Trinajstić information content (AvgIpc) is 1.97. The van der Waals surface area contributed by atoms with Crippen LogP contribution < -0.4 is 0 Å².